The Morgan fingerprint density at radius 2 is 1.75 bits per heavy atom. The Balaban J connectivity index is 1.83. The maximum Gasteiger partial charge on any atom is 0.0606 e. The summed E-state index contributed by atoms with van der Waals surface area (Å²) >= 11 is 0. The lowest BCUT2D eigenvalue weighted by molar-refractivity contribution is 0.247. The fourth-order valence-electron chi connectivity index (χ4n) is 3.48. The van der Waals surface area contributed by atoms with Crippen LogP contribution in [-0.2, 0) is 0 Å². The maximum absolute atomic E-state index is 3.72. The highest BCUT2D eigenvalue weighted by Gasteiger charge is 2.45. The molecule has 2 saturated heterocycles. The van der Waals surface area contributed by atoms with Crippen LogP contribution in [0.2, 0.25) is 0 Å². The third-order valence-electron chi connectivity index (χ3n) is 4.03. The molecule has 12 heavy (non-hydrogen) atoms. The third-order valence-corrected chi connectivity index (χ3v) is 4.03. The van der Waals surface area contributed by atoms with Gasteiger partial charge < -0.3 is 5.32 Å². The Kier molecular flexibility index (Phi) is 1.66. The highest BCUT2D eigenvalue weighted by atomic mass is 15.2. The Hall–Kier alpha value is -0.0800. The van der Waals surface area contributed by atoms with Gasteiger partial charge in [-0.25, -0.2) is 0 Å². The summed E-state index contributed by atoms with van der Waals surface area (Å²) in [5, 5.41) is 7.32. The van der Waals surface area contributed by atoms with Crippen LogP contribution in [0.25, 0.3) is 0 Å². The zero-order chi connectivity index (χ0) is 7.97. The molecule has 0 aromatic carbocycles. The van der Waals surface area contributed by atoms with Crippen molar-refractivity contribution in [3.8, 4) is 0 Å². The van der Waals surface area contributed by atoms with Gasteiger partial charge >= 0.3 is 0 Å². The minimum absolute atomic E-state index is 0.675. The molecule has 4 atom stereocenters. The largest absolute Gasteiger partial charge is 0.302 e. The summed E-state index contributed by atoms with van der Waals surface area (Å²) in [6, 6.07) is 0.863. The lowest BCUT2D eigenvalue weighted by Crippen LogP contribution is -2.49. The van der Waals surface area contributed by atoms with Gasteiger partial charge in [0.2, 0.25) is 0 Å². The first-order chi connectivity index (χ1) is 5.95. The molecular formula is C10H18N2. The van der Waals surface area contributed by atoms with Gasteiger partial charge in [-0.15, -0.1) is 0 Å². The predicted molar refractivity (Wildman–Crippen MR) is 48.8 cm³/mol. The lowest BCUT2D eigenvalue weighted by atomic mass is 9.77. The van der Waals surface area contributed by atoms with E-state index in [0.29, 0.717) is 6.17 Å². The van der Waals surface area contributed by atoms with E-state index in [1.165, 1.54) is 38.6 Å². The molecule has 2 nitrogen and oxygen atoms in total. The molecule has 2 aliphatic heterocycles. The van der Waals surface area contributed by atoms with Gasteiger partial charge in [0.25, 0.3) is 0 Å². The van der Waals surface area contributed by atoms with Crippen LogP contribution in [0.3, 0.4) is 0 Å². The second-order valence-electron chi connectivity index (χ2n) is 4.61. The number of hydrogen-bond acceptors (Lipinski definition) is 2. The standard InChI is InChI=1S/C10H18N2/c1-2-4-8-7(3-1)9-5-6-11-10(8)12-9/h7-12H,1-6H2. The van der Waals surface area contributed by atoms with Gasteiger partial charge in [-0.3, -0.25) is 5.32 Å². The van der Waals surface area contributed by atoms with Crippen molar-refractivity contribution in [2.45, 2.75) is 44.3 Å². The molecule has 4 unspecified atom stereocenters. The lowest BCUT2D eigenvalue weighted by Gasteiger charge is -2.27. The van der Waals surface area contributed by atoms with Crippen molar-refractivity contribution < 1.29 is 0 Å². The molecule has 2 bridgehead atoms. The van der Waals surface area contributed by atoms with Gasteiger partial charge in [0, 0.05) is 6.04 Å². The van der Waals surface area contributed by atoms with E-state index >= 15 is 0 Å². The number of hydrogen-bond donors (Lipinski definition) is 2. The molecule has 0 amide bonds. The molecule has 3 rings (SSSR count). The van der Waals surface area contributed by atoms with Crippen LogP contribution in [0, 0.1) is 11.8 Å². The fourth-order valence-corrected chi connectivity index (χ4v) is 3.48. The minimum Gasteiger partial charge on any atom is -0.302 e. The van der Waals surface area contributed by atoms with E-state index in [-0.39, 0.29) is 0 Å². The smallest absolute Gasteiger partial charge is 0.0606 e. The Bertz CT molecular complexity index is 163. The SMILES string of the molecule is C1CCC2C3NCCC(N3)C2C1. The summed E-state index contributed by atoms with van der Waals surface area (Å²) in [6.07, 6.45) is 7.93. The summed E-state index contributed by atoms with van der Waals surface area (Å²) in [5.74, 6) is 1.98. The summed E-state index contributed by atoms with van der Waals surface area (Å²) in [4.78, 5) is 0. The molecular weight excluding hydrogens is 148 g/mol. The molecule has 2 heteroatoms. The molecule has 2 N–H and O–H groups in total. The maximum atomic E-state index is 3.72. The molecule has 1 aliphatic carbocycles. The summed E-state index contributed by atoms with van der Waals surface area (Å²) in [5.41, 5.74) is 0. The van der Waals surface area contributed by atoms with Gasteiger partial charge in [-0.2, -0.15) is 0 Å². The second-order valence-corrected chi connectivity index (χ2v) is 4.61. The molecule has 0 radical (unpaired) electrons. The summed E-state index contributed by atoms with van der Waals surface area (Å²) < 4.78 is 0. The van der Waals surface area contributed by atoms with Crippen molar-refractivity contribution in [3.63, 3.8) is 0 Å². The predicted octanol–water partition coefficient (Wildman–Crippen LogP) is 1.08. The van der Waals surface area contributed by atoms with Crippen molar-refractivity contribution in [3.05, 3.63) is 0 Å². The second kappa shape index (κ2) is 2.71. The van der Waals surface area contributed by atoms with Crippen LogP contribution >= 0.6 is 0 Å². The van der Waals surface area contributed by atoms with Crippen molar-refractivity contribution in [2.24, 2.45) is 11.8 Å². The van der Waals surface area contributed by atoms with Crippen LogP contribution in [0.15, 0.2) is 0 Å². The van der Waals surface area contributed by atoms with Crippen LogP contribution in [0.5, 0.6) is 0 Å². The van der Waals surface area contributed by atoms with Gasteiger partial charge in [-0.05, 0) is 37.6 Å². The van der Waals surface area contributed by atoms with E-state index in [1.807, 2.05) is 0 Å². The Morgan fingerprint density at radius 3 is 2.67 bits per heavy atom. The van der Waals surface area contributed by atoms with Crippen LogP contribution in [-0.4, -0.2) is 18.8 Å². The fraction of sp³-hybridized carbons (Fsp3) is 1.00. The molecule has 3 aliphatic rings. The van der Waals surface area contributed by atoms with E-state index in [4.69, 9.17) is 0 Å². The van der Waals surface area contributed by atoms with Gasteiger partial charge in [0.1, 0.15) is 0 Å². The number of rotatable bonds is 0. The topological polar surface area (TPSA) is 24.1 Å². The van der Waals surface area contributed by atoms with Crippen LogP contribution < -0.4 is 10.6 Å². The zero-order valence-corrected chi connectivity index (χ0v) is 7.55. The van der Waals surface area contributed by atoms with Crippen LogP contribution in [0.1, 0.15) is 32.1 Å². The molecule has 68 valence electrons. The first kappa shape index (κ1) is 7.34. The van der Waals surface area contributed by atoms with Crippen LogP contribution in [0.4, 0.5) is 0 Å². The molecule has 0 spiro atoms. The van der Waals surface area contributed by atoms with Gasteiger partial charge in [0.15, 0.2) is 0 Å². The monoisotopic (exact) mass is 166 g/mol. The Labute approximate surface area is 74.1 Å². The van der Waals surface area contributed by atoms with E-state index in [0.717, 1.165) is 17.9 Å². The highest BCUT2D eigenvalue weighted by Crippen LogP contribution is 2.40. The Morgan fingerprint density at radius 1 is 0.917 bits per heavy atom. The van der Waals surface area contributed by atoms with Gasteiger partial charge in [0.05, 0.1) is 6.17 Å². The van der Waals surface area contributed by atoms with E-state index in [1.54, 1.807) is 0 Å². The third kappa shape index (κ3) is 0.944. The van der Waals surface area contributed by atoms with Gasteiger partial charge in [-0.1, -0.05) is 12.8 Å². The summed E-state index contributed by atoms with van der Waals surface area (Å²) in [7, 11) is 0. The van der Waals surface area contributed by atoms with Crippen molar-refractivity contribution >= 4 is 0 Å². The molecule has 0 aromatic rings. The van der Waals surface area contributed by atoms with E-state index < -0.39 is 0 Å². The quantitative estimate of drug-likeness (QED) is 0.563. The van der Waals surface area contributed by atoms with Crippen molar-refractivity contribution in [2.75, 3.05) is 6.54 Å². The van der Waals surface area contributed by atoms with E-state index in [9.17, 15) is 0 Å². The normalized spacial score (nSPS) is 52.0. The van der Waals surface area contributed by atoms with E-state index in [2.05, 4.69) is 10.6 Å². The minimum atomic E-state index is 0.675. The summed E-state index contributed by atoms with van der Waals surface area (Å²) in [6.45, 7) is 1.25. The number of fused-ring (bicyclic) bond motifs is 5. The van der Waals surface area contributed by atoms with Crippen molar-refractivity contribution in [1.29, 1.82) is 0 Å². The first-order valence-electron chi connectivity index (χ1n) is 5.44. The molecule has 0 aromatic heterocycles. The molecule has 2 heterocycles. The molecule has 1 saturated carbocycles. The number of nitrogens with one attached hydrogen (secondary N) is 2. The zero-order valence-electron chi connectivity index (χ0n) is 7.55. The molecule has 3 fully saturated rings. The first-order valence-corrected chi connectivity index (χ1v) is 5.44. The average molecular weight is 166 g/mol. The average Bonchev–Trinajstić information content (AvgIpc) is 2.41. The highest BCUT2D eigenvalue weighted by molar-refractivity contribution is 5.00. The van der Waals surface area contributed by atoms with Crippen molar-refractivity contribution in [1.82, 2.24) is 10.6 Å².